The lowest BCUT2D eigenvalue weighted by atomic mass is 9.90. The fraction of sp³-hybridized carbons (Fsp3) is 0.400. The number of carbonyl (C=O) groups excluding carboxylic acids is 1. The molecule has 0 saturated carbocycles. The Morgan fingerprint density at radius 1 is 1.25 bits per heavy atom. The fourth-order valence-corrected chi connectivity index (χ4v) is 1.61. The number of Topliss-reactive ketones (excluding diaryl/α,β-unsaturated/α-hetero) is 1. The Balaban J connectivity index is 2.61. The molecule has 0 aliphatic heterocycles. The predicted molar refractivity (Wildman–Crippen MR) is 69.1 cm³/mol. The van der Waals surface area contributed by atoms with Gasteiger partial charge in [-0.3, -0.25) is 4.79 Å². The second-order valence-electron chi connectivity index (χ2n) is 4.24. The van der Waals surface area contributed by atoms with Crippen LogP contribution in [-0.4, -0.2) is 5.78 Å². The van der Waals surface area contributed by atoms with Gasteiger partial charge in [0.15, 0.2) is 0 Å². The van der Waals surface area contributed by atoms with Crippen LogP contribution in [0.4, 0.5) is 0 Å². The zero-order valence-corrected chi connectivity index (χ0v) is 10.3. The van der Waals surface area contributed by atoms with Gasteiger partial charge in [-0.1, -0.05) is 63.3 Å². The average molecular weight is 216 g/mol. The third-order valence-electron chi connectivity index (χ3n) is 3.04. The van der Waals surface area contributed by atoms with Crippen LogP contribution in [-0.2, 0) is 4.79 Å². The van der Waals surface area contributed by atoms with Crippen LogP contribution in [0.25, 0.3) is 6.08 Å². The third-order valence-corrected chi connectivity index (χ3v) is 3.04. The number of carbonyl (C=O) groups is 1. The van der Waals surface area contributed by atoms with Gasteiger partial charge >= 0.3 is 0 Å². The standard InChI is InChI=1S/C15H20O/c1-4-15(16)13(3)12(2)10-11-14-8-6-5-7-9-14/h5-13H,4H2,1-3H3/b11-10+. The molecular weight excluding hydrogens is 196 g/mol. The van der Waals surface area contributed by atoms with Crippen LogP contribution in [0.5, 0.6) is 0 Å². The summed E-state index contributed by atoms with van der Waals surface area (Å²) in [6, 6.07) is 10.2. The minimum atomic E-state index is 0.116. The van der Waals surface area contributed by atoms with E-state index in [2.05, 4.69) is 31.2 Å². The van der Waals surface area contributed by atoms with Crippen molar-refractivity contribution in [1.82, 2.24) is 0 Å². The molecule has 0 aromatic heterocycles. The number of rotatable bonds is 5. The highest BCUT2D eigenvalue weighted by Gasteiger charge is 2.15. The quantitative estimate of drug-likeness (QED) is 0.728. The summed E-state index contributed by atoms with van der Waals surface area (Å²) >= 11 is 0. The van der Waals surface area contributed by atoms with Crippen molar-refractivity contribution in [2.24, 2.45) is 11.8 Å². The second-order valence-corrected chi connectivity index (χ2v) is 4.24. The van der Waals surface area contributed by atoms with E-state index in [1.807, 2.05) is 32.0 Å². The van der Waals surface area contributed by atoms with Gasteiger partial charge in [0.05, 0.1) is 0 Å². The van der Waals surface area contributed by atoms with Gasteiger partial charge in [-0.15, -0.1) is 0 Å². The molecule has 0 radical (unpaired) electrons. The van der Waals surface area contributed by atoms with Crippen molar-refractivity contribution in [2.75, 3.05) is 0 Å². The van der Waals surface area contributed by atoms with Crippen LogP contribution in [0.2, 0.25) is 0 Å². The zero-order valence-electron chi connectivity index (χ0n) is 10.3. The van der Waals surface area contributed by atoms with E-state index in [-0.39, 0.29) is 5.92 Å². The average Bonchev–Trinajstić information content (AvgIpc) is 2.35. The highest BCUT2D eigenvalue weighted by Crippen LogP contribution is 2.16. The molecule has 1 nitrogen and oxygen atoms in total. The molecule has 1 rings (SSSR count). The summed E-state index contributed by atoms with van der Waals surface area (Å²) in [5.74, 6) is 0.753. The van der Waals surface area contributed by atoms with E-state index >= 15 is 0 Å². The lowest BCUT2D eigenvalue weighted by Crippen LogP contribution is -2.16. The zero-order chi connectivity index (χ0) is 12.0. The molecule has 86 valence electrons. The minimum absolute atomic E-state index is 0.116. The molecule has 0 amide bonds. The fourth-order valence-electron chi connectivity index (χ4n) is 1.61. The smallest absolute Gasteiger partial charge is 0.136 e. The van der Waals surface area contributed by atoms with Gasteiger partial charge in [-0.25, -0.2) is 0 Å². The Morgan fingerprint density at radius 2 is 1.88 bits per heavy atom. The lowest BCUT2D eigenvalue weighted by molar-refractivity contribution is -0.122. The Hall–Kier alpha value is -1.37. The molecule has 1 aromatic rings. The highest BCUT2D eigenvalue weighted by atomic mass is 16.1. The van der Waals surface area contributed by atoms with Crippen molar-refractivity contribution in [2.45, 2.75) is 27.2 Å². The Labute approximate surface area is 98.2 Å². The normalized spacial score (nSPS) is 14.9. The van der Waals surface area contributed by atoms with Crippen molar-refractivity contribution < 1.29 is 4.79 Å². The summed E-state index contributed by atoms with van der Waals surface area (Å²) < 4.78 is 0. The molecule has 1 aromatic carbocycles. The van der Waals surface area contributed by atoms with Crippen molar-refractivity contribution in [3.8, 4) is 0 Å². The first-order chi connectivity index (χ1) is 7.65. The molecular formula is C15H20O. The molecule has 2 unspecified atom stereocenters. The Kier molecular flexibility index (Phi) is 4.97. The summed E-state index contributed by atoms with van der Waals surface area (Å²) in [6.45, 7) is 6.02. The maximum absolute atomic E-state index is 11.5. The van der Waals surface area contributed by atoms with Crippen LogP contribution in [0.3, 0.4) is 0 Å². The predicted octanol–water partition coefficient (Wildman–Crippen LogP) is 3.95. The molecule has 0 spiro atoms. The van der Waals surface area contributed by atoms with Gasteiger partial charge in [0.2, 0.25) is 0 Å². The van der Waals surface area contributed by atoms with Crippen molar-refractivity contribution in [1.29, 1.82) is 0 Å². The molecule has 0 N–H and O–H groups in total. The van der Waals surface area contributed by atoms with Crippen molar-refractivity contribution in [3.05, 3.63) is 42.0 Å². The number of hydrogen-bond acceptors (Lipinski definition) is 1. The minimum Gasteiger partial charge on any atom is -0.299 e. The summed E-state index contributed by atoms with van der Waals surface area (Å²) in [4.78, 5) is 11.5. The van der Waals surface area contributed by atoms with Crippen LogP contribution in [0, 0.1) is 11.8 Å². The first-order valence-electron chi connectivity index (χ1n) is 5.91. The van der Waals surface area contributed by atoms with E-state index in [9.17, 15) is 4.79 Å². The summed E-state index contributed by atoms with van der Waals surface area (Å²) in [5, 5.41) is 0. The van der Waals surface area contributed by atoms with E-state index in [4.69, 9.17) is 0 Å². The largest absolute Gasteiger partial charge is 0.299 e. The lowest BCUT2D eigenvalue weighted by Gasteiger charge is -2.14. The van der Waals surface area contributed by atoms with Crippen LogP contribution in [0.1, 0.15) is 32.8 Å². The molecule has 16 heavy (non-hydrogen) atoms. The summed E-state index contributed by atoms with van der Waals surface area (Å²) in [6.07, 6.45) is 4.84. The number of hydrogen-bond donors (Lipinski definition) is 0. The van der Waals surface area contributed by atoms with E-state index < -0.39 is 0 Å². The molecule has 0 heterocycles. The molecule has 0 aliphatic rings. The van der Waals surface area contributed by atoms with Crippen LogP contribution in [0.15, 0.2) is 36.4 Å². The van der Waals surface area contributed by atoms with Gasteiger partial charge < -0.3 is 0 Å². The number of allylic oxidation sites excluding steroid dienone is 1. The molecule has 2 atom stereocenters. The SMILES string of the molecule is CCC(=O)C(C)C(C)/C=C/c1ccccc1. The maximum Gasteiger partial charge on any atom is 0.136 e. The van der Waals surface area contributed by atoms with E-state index in [1.165, 1.54) is 5.56 Å². The number of ketones is 1. The number of benzene rings is 1. The first-order valence-corrected chi connectivity index (χ1v) is 5.91. The van der Waals surface area contributed by atoms with Gasteiger partial charge in [0.25, 0.3) is 0 Å². The Morgan fingerprint density at radius 3 is 2.44 bits per heavy atom. The van der Waals surface area contributed by atoms with Crippen LogP contribution >= 0.6 is 0 Å². The molecule has 0 fully saturated rings. The van der Waals surface area contributed by atoms with E-state index in [1.54, 1.807) is 0 Å². The van der Waals surface area contributed by atoms with Gasteiger partial charge in [0, 0.05) is 12.3 Å². The Bertz CT molecular complexity index is 351. The first kappa shape index (κ1) is 12.7. The van der Waals surface area contributed by atoms with Crippen molar-refractivity contribution in [3.63, 3.8) is 0 Å². The van der Waals surface area contributed by atoms with E-state index in [0.717, 1.165) is 0 Å². The van der Waals surface area contributed by atoms with E-state index in [0.29, 0.717) is 18.1 Å². The molecule has 1 heteroatoms. The second kappa shape index (κ2) is 6.26. The maximum atomic E-state index is 11.5. The van der Waals surface area contributed by atoms with Gasteiger partial charge in [0.1, 0.15) is 5.78 Å². The monoisotopic (exact) mass is 216 g/mol. The van der Waals surface area contributed by atoms with Gasteiger partial charge in [-0.05, 0) is 11.5 Å². The third kappa shape index (κ3) is 3.65. The molecule has 0 saturated heterocycles. The summed E-state index contributed by atoms with van der Waals surface area (Å²) in [7, 11) is 0. The topological polar surface area (TPSA) is 17.1 Å². The van der Waals surface area contributed by atoms with Crippen molar-refractivity contribution >= 4 is 11.9 Å². The highest BCUT2D eigenvalue weighted by molar-refractivity contribution is 5.80. The summed E-state index contributed by atoms with van der Waals surface area (Å²) in [5.41, 5.74) is 1.19. The molecule has 0 bridgehead atoms. The molecule has 0 aliphatic carbocycles. The van der Waals surface area contributed by atoms with Gasteiger partial charge in [-0.2, -0.15) is 0 Å². The van der Waals surface area contributed by atoms with Crippen LogP contribution < -0.4 is 0 Å².